The summed E-state index contributed by atoms with van der Waals surface area (Å²) in [5.74, 6) is -0.151. The van der Waals surface area contributed by atoms with Gasteiger partial charge in [-0.05, 0) is 32.0 Å². The van der Waals surface area contributed by atoms with Crippen molar-refractivity contribution in [2.45, 2.75) is 12.8 Å². The smallest absolute Gasteiger partial charge is 0.255 e. The Bertz CT molecular complexity index is 473. The number of hydrogen-bond donors (Lipinski definition) is 2. The van der Waals surface area contributed by atoms with Crippen molar-refractivity contribution in [3.8, 4) is 0 Å². The van der Waals surface area contributed by atoms with E-state index < -0.39 is 0 Å². The maximum atomic E-state index is 12.4. The Hall–Kier alpha value is -1.59. The Morgan fingerprint density at radius 3 is 2.50 bits per heavy atom. The maximum Gasteiger partial charge on any atom is 0.255 e. The van der Waals surface area contributed by atoms with E-state index in [-0.39, 0.29) is 30.8 Å². The second-order valence-electron chi connectivity index (χ2n) is 4.62. The first-order valence-corrected chi connectivity index (χ1v) is 6.55. The van der Waals surface area contributed by atoms with Crippen LogP contribution < -0.4 is 10.6 Å². The molecule has 0 radical (unpaired) electrons. The van der Waals surface area contributed by atoms with Gasteiger partial charge >= 0.3 is 0 Å². The van der Waals surface area contributed by atoms with Crippen molar-refractivity contribution >= 4 is 29.9 Å². The summed E-state index contributed by atoms with van der Waals surface area (Å²) in [5, 5.41) is 5.55. The van der Waals surface area contributed by atoms with Crippen LogP contribution in [0.2, 0.25) is 0 Å². The number of nitrogens with zero attached hydrogens (tertiary/aromatic N) is 1. The number of hydrogen-bond acceptors (Lipinski definition) is 3. The van der Waals surface area contributed by atoms with Crippen LogP contribution in [0.15, 0.2) is 24.3 Å². The minimum Gasteiger partial charge on any atom is -0.339 e. The van der Waals surface area contributed by atoms with E-state index >= 15 is 0 Å². The number of benzene rings is 1. The van der Waals surface area contributed by atoms with Gasteiger partial charge in [-0.1, -0.05) is 12.1 Å². The number of amides is 2. The molecule has 1 aromatic carbocycles. The van der Waals surface area contributed by atoms with Crippen LogP contribution in [0.4, 0.5) is 5.69 Å². The highest BCUT2D eigenvalue weighted by atomic mass is 35.5. The Labute approximate surface area is 125 Å². The van der Waals surface area contributed by atoms with Gasteiger partial charge in [-0.25, -0.2) is 0 Å². The molecule has 1 heterocycles. The highest BCUT2D eigenvalue weighted by Crippen LogP contribution is 2.19. The third-order valence-corrected chi connectivity index (χ3v) is 3.16. The van der Waals surface area contributed by atoms with Crippen molar-refractivity contribution in [1.29, 1.82) is 0 Å². The predicted molar refractivity (Wildman–Crippen MR) is 81.4 cm³/mol. The summed E-state index contributed by atoms with van der Waals surface area (Å²) in [7, 11) is 1.71. The fraction of sp³-hybridized carbons (Fsp3) is 0.429. The zero-order valence-corrected chi connectivity index (χ0v) is 12.3. The number of likely N-dealkylation sites (tertiary alicyclic amines) is 1. The molecule has 6 heteroatoms. The first-order valence-electron chi connectivity index (χ1n) is 6.55. The van der Waals surface area contributed by atoms with Gasteiger partial charge < -0.3 is 15.5 Å². The van der Waals surface area contributed by atoms with Crippen LogP contribution in [0.3, 0.4) is 0 Å². The number of anilines is 1. The summed E-state index contributed by atoms with van der Waals surface area (Å²) in [6, 6.07) is 7.15. The molecular formula is C14H20ClN3O2. The summed E-state index contributed by atoms with van der Waals surface area (Å²) in [6.07, 6.45) is 2.11. The number of carbonyl (C=O) groups excluding carboxylic acids is 2. The molecule has 1 aromatic rings. The average molecular weight is 298 g/mol. The van der Waals surface area contributed by atoms with Crippen LogP contribution in [0.1, 0.15) is 23.2 Å². The SMILES string of the molecule is CNCC(=O)Nc1ccccc1C(=O)N1CCCC1.Cl. The zero-order valence-electron chi connectivity index (χ0n) is 11.5. The number of carbonyl (C=O) groups is 2. The molecule has 0 saturated carbocycles. The van der Waals surface area contributed by atoms with Gasteiger partial charge in [0, 0.05) is 13.1 Å². The molecule has 0 bridgehead atoms. The van der Waals surface area contributed by atoms with Gasteiger partial charge in [0.05, 0.1) is 17.8 Å². The van der Waals surface area contributed by atoms with Crippen LogP contribution in [0.25, 0.3) is 0 Å². The monoisotopic (exact) mass is 297 g/mol. The molecule has 1 saturated heterocycles. The normalized spacial score (nSPS) is 13.8. The summed E-state index contributed by atoms with van der Waals surface area (Å²) in [6.45, 7) is 1.83. The molecule has 1 fully saturated rings. The van der Waals surface area contributed by atoms with Gasteiger partial charge in [-0.2, -0.15) is 0 Å². The molecule has 1 aliphatic heterocycles. The van der Waals surface area contributed by atoms with Crippen molar-refractivity contribution < 1.29 is 9.59 Å². The van der Waals surface area contributed by atoms with Gasteiger partial charge in [0.1, 0.15) is 0 Å². The van der Waals surface area contributed by atoms with Crippen molar-refractivity contribution in [3.05, 3.63) is 29.8 Å². The van der Waals surface area contributed by atoms with Crippen molar-refractivity contribution in [1.82, 2.24) is 10.2 Å². The second-order valence-corrected chi connectivity index (χ2v) is 4.62. The molecule has 0 spiro atoms. The van der Waals surface area contributed by atoms with Crippen LogP contribution in [0.5, 0.6) is 0 Å². The number of likely N-dealkylation sites (N-methyl/N-ethyl adjacent to an activating group) is 1. The molecule has 20 heavy (non-hydrogen) atoms. The molecule has 2 rings (SSSR count). The second kappa shape index (κ2) is 7.87. The van der Waals surface area contributed by atoms with E-state index in [2.05, 4.69) is 10.6 Å². The van der Waals surface area contributed by atoms with E-state index in [9.17, 15) is 9.59 Å². The van der Waals surface area contributed by atoms with Crippen LogP contribution in [-0.4, -0.2) is 43.4 Å². The van der Waals surface area contributed by atoms with Crippen LogP contribution >= 0.6 is 12.4 Å². The van der Waals surface area contributed by atoms with E-state index in [0.29, 0.717) is 11.3 Å². The summed E-state index contributed by atoms with van der Waals surface area (Å²) in [5.41, 5.74) is 1.15. The van der Waals surface area contributed by atoms with Gasteiger partial charge in [0.25, 0.3) is 5.91 Å². The van der Waals surface area contributed by atoms with E-state index in [1.165, 1.54) is 0 Å². The molecule has 110 valence electrons. The quantitative estimate of drug-likeness (QED) is 0.885. The van der Waals surface area contributed by atoms with E-state index in [4.69, 9.17) is 0 Å². The molecule has 5 nitrogen and oxygen atoms in total. The Morgan fingerprint density at radius 1 is 1.20 bits per heavy atom. The lowest BCUT2D eigenvalue weighted by Crippen LogP contribution is -2.30. The highest BCUT2D eigenvalue weighted by Gasteiger charge is 2.21. The van der Waals surface area contributed by atoms with Crippen LogP contribution in [0, 0.1) is 0 Å². The molecular weight excluding hydrogens is 278 g/mol. The van der Waals surface area contributed by atoms with Gasteiger partial charge in [-0.15, -0.1) is 12.4 Å². The van der Waals surface area contributed by atoms with Crippen LogP contribution in [-0.2, 0) is 4.79 Å². The third kappa shape index (κ3) is 3.95. The molecule has 2 amide bonds. The minimum absolute atomic E-state index is 0. The Morgan fingerprint density at radius 2 is 1.85 bits per heavy atom. The average Bonchev–Trinajstić information content (AvgIpc) is 2.93. The fourth-order valence-corrected chi connectivity index (χ4v) is 2.22. The highest BCUT2D eigenvalue weighted by molar-refractivity contribution is 6.04. The summed E-state index contributed by atoms with van der Waals surface area (Å²) in [4.78, 5) is 25.8. The molecule has 0 aliphatic carbocycles. The van der Waals surface area contributed by atoms with E-state index in [0.717, 1.165) is 25.9 Å². The van der Waals surface area contributed by atoms with Gasteiger partial charge in [-0.3, -0.25) is 9.59 Å². The Kier molecular flexibility index (Phi) is 6.48. The van der Waals surface area contributed by atoms with Crippen molar-refractivity contribution in [2.24, 2.45) is 0 Å². The first-order chi connectivity index (χ1) is 9.22. The fourth-order valence-electron chi connectivity index (χ4n) is 2.22. The predicted octanol–water partition coefficient (Wildman–Crippen LogP) is 1.50. The lowest BCUT2D eigenvalue weighted by Gasteiger charge is -2.17. The molecule has 0 unspecified atom stereocenters. The largest absolute Gasteiger partial charge is 0.339 e. The number of rotatable bonds is 4. The van der Waals surface area contributed by atoms with E-state index in [1.54, 1.807) is 19.2 Å². The van der Waals surface area contributed by atoms with Crippen molar-refractivity contribution in [3.63, 3.8) is 0 Å². The molecule has 0 atom stereocenters. The van der Waals surface area contributed by atoms with Gasteiger partial charge in [0.15, 0.2) is 0 Å². The lowest BCUT2D eigenvalue weighted by atomic mass is 10.1. The van der Waals surface area contributed by atoms with E-state index in [1.807, 2.05) is 17.0 Å². The summed E-state index contributed by atoms with van der Waals surface area (Å²) >= 11 is 0. The molecule has 0 aromatic heterocycles. The minimum atomic E-state index is -0.149. The molecule has 2 N–H and O–H groups in total. The zero-order chi connectivity index (χ0) is 13.7. The number of para-hydroxylation sites is 1. The number of halogens is 1. The Balaban J connectivity index is 0.00000200. The third-order valence-electron chi connectivity index (χ3n) is 3.16. The maximum absolute atomic E-state index is 12.4. The standard InChI is InChI=1S/C14H19N3O2.ClH/c1-15-10-13(18)16-12-7-3-2-6-11(12)14(19)17-8-4-5-9-17;/h2-3,6-7,15H,4-5,8-10H2,1H3,(H,16,18);1H. The first kappa shape index (κ1) is 16.5. The molecule has 1 aliphatic rings. The topological polar surface area (TPSA) is 61.4 Å². The number of nitrogens with one attached hydrogen (secondary N) is 2. The van der Waals surface area contributed by atoms with Gasteiger partial charge in [0.2, 0.25) is 5.91 Å². The van der Waals surface area contributed by atoms with Crippen molar-refractivity contribution in [2.75, 3.05) is 32.0 Å². The summed E-state index contributed by atoms with van der Waals surface area (Å²) < 4.78 is 0. The lowest BCUT2D eigenvalue weighted by molar-refractivity contribution is -0.115.